The second kappa shape index (κ2) is 6.40. The molecule has 0 nitrogen and oxygen atoms in total. The molecule has 0 radical (unpaired) electrons. The predicted octanol–water partition coefficient (Wildman–Crippen LogP) is 4.78. The topological polar surface area (TPSA) is 0 Å². The van der Waals surface area contributed by atoms with Crippen LogP contribution in [0.1, 0.15) is 25.8 Å². The van der Waals surface area contributed by atoms with E-state index in [-0.39, 0.29) is 0 Å². The Bertz CT molecular complexity index is 294. The van der Waals surface area contributed by atoms with Crippen LogP contribution in [0, 0.1) is 11.8 Å². The van der Waals surface area contributed by atoms with Gasteiger partial charge in [-0.15, -0.1) is 11.6 Å². The van der Waals surface area contributed by atoms with Gasteiger partial charge in [0.2, 0.25) is 0 Å². The highest BCUT2D eigenvalue weighted by Gasteiger charge is 2.12. The van der Waals surface area contributed by atoms with Crippen molar-refractivity contribution < 1.29 is 0 Å². The van der Waals surface area contributed by atoms with E-state index in [9.17, 15) is 0 Å². The molecule has 0 amide bonds. The Morgan fingerprint density at radius 2 is 1.87 bits per heavy atom. The zero-order valence-electron chi connectivity index (χ0n) is 9.34. The van der Waals surface area contributed by atoms with Gasteiger partial charge in [-0.3, -0.25) is 0 Å². The van der Waals surface area contributed by atoms with Crippen molar-refractivity contribution >= 4 is 23.2 Å². The molecule has 0 heterocycles. The van der Waals surface area contributed by atoms with Crippen molar-refractivity contribution in [3.8, 4) is 0 Å². The van der Waals surface area contributed by atoms with E-state index in [1.165, 1.54) is 5.56 Å². The Morgan fingerprint density at radius 1 is 1.20 bits per heavy atom. The van der Waals surface area contributed by atoms with E-state index < -0.39 is 0 Å². The van der Waals surface area contributed by atoms with E-state index in [1.807, 2.05) is 18.2 Å². The third kappa shape index (κ3) is 4.44. The molecule has 1 rings (SSSR count). The Hall–Kier alpha value is -0.200. The summed E-state index contributed by atoms with van der Waals surface area (Å²) in [6.45, 7) is 4.46. The van der Waals surface area contributed by atoms with Gasteiger partial charge < -0.3 is 0 Å². The van der Waals surface area contributed by atoms with E-state index in [2.05, 4.69) is 19.9 Å². The maximum atomic E-state index is 6.12. The Kier molecular flexibility index (Phi) is 5.49. The third-order valence-electron chi connectivity index (χ3n) is 2.49. The smallest absolute Gasteiger partial charge is 0.0438 e. The minimum Gasteiger partial charge on any atom is -0.126 e. The summed E-state index contributed by atoms with van der Waals surface area (Å²) in [6, 6.07) is 8.02. The molecular weight excluding hydrogens is 227 g/mol. The highest BCUT2D eigenvalue weighted by molar-refractivity contribution is 6.31. The summed E-state index contributed by atoms with van der Waals surface area (Å²) in [5.74, 6) is 1.94. The second-order valence-corrected chi connectivity index (χ2v) is 5.16. The fourth-order valence-electron chi connectivity index (χ4n) is 1.84. The van der Waals surface area contributed by atoms with Gasteiger partial charge in [0.25, 0.3) is 0 Å². The quantitative estimate of drug-likeness (QED) is 0.654. The van der Waals surface area contributed by atoms with E-state index >= 15 is 0 Å². The molecular formula is C13H18Cl2. The molecule has 1 aromatic rings. The van der Waals surface area contributed by atoms with Crippen LogP contribution in [0.5, 0.6) is 0 Å². The van der Waals surface area contributed by atoms with Crippen molar-refractivity contribution in [1.82, 2.24) is 0 Å². The zero-order valence-corrected chi connectivity index (χ0v) is 10.9. The lowest BCUT2D eigenvalue weighted by Gasteiger charge is -2.16. The van der Waals surface area contributed by atoms with Gasteiger partial charge >= 0.3 is 0 Å². The summed E-state index contributed by atoms with van der Waals surface area (Å²) < 4.78 is 0. The van der Waals surface area contributed by atoms with Gasteiger partial charge in [0, 0.05) is 10.9 Å². The highest BCUT2D eigenvalue weighted by atomic mass is 35.5. The standard InChI is InChI=1S/C13H18Cl2/c1-10(2)7-11(9-14)8-12-5-3-4-6-13(12)15/h3-6,10-11H,7-9H2,1-2H3. The van der Waals surface area contributed by atoms with Crippen LogP contribution in [-0.4, -0.2) is 5.88 Å². The molecule has 2 heteroatoms. The van der Waals surface area contributed by atoms with Crippen LogP contribution in [-0.2, 0) is 6.42 Å². The summed E-state index contributed by atoms with van der Waals surface area (Å²) in [4.78, 5) is 0. The van der Waals surface area contributed by atoms with Gasteiger partial charge in [0.15, 0.2) is 0 Å². The molecule has 0 fully saturated rings. The molecule has 0 aliphatic carbocycles. The fourth-order valence-corrected chi connectivity index (χ4v) is 2.29. The number of rotatable bonds is 5. The van der Waals surface area contributed by atoms with Gasteiger partial charge in [-0.2, -0.15) is 0 Å². The number of hydrogen-bond acceptors (Lipinski definition) is 0. The molecule has 1 unspecified atom stereocenters. The first-order valence-electron chi connectivity index (χ1n) is 5.42. The molecule has 0 spiro atoms. The Morgan fingerprint density at radius 3 is 2.40 bits per heavy atom. The number of hydrogen-bond donors (Lipinski definition) is 0. The Balaban J connectivity index is 2.62. The number of benzene rings is 1. The van der Waals surface area contributed by atoms with Crippen LogP contribution < -0.4 is 0 Å². The van der Waals surface area contributed by atoms with Crippen LogP contribution in [0.4, 0.5) is 0 Å². The SMILES string of the molecule is CC(C)CC(CCl)Cc1ccccc1Cl. The monoisotopic (exact) mass is 244 g/mol. The predicted molar refractivity (Wildman–Crippen MR) is 68.8 cm³/mol. The molecule has 0 saturated carbocycles. The largest absolute Gasteiger partial charge is 0.126 e. The average molecular weight is 245 g/mol. The van der Waals surface area contributed by atoms with Gasteiger partial charge in [-0.1, -0.05) is 43.6 Å². The second-order valence-electron chi connectivity index (χ2n) is 4.45. The first-order valence-corrected chi connectivity index (χ1v) is 6.34. The molecule has 0 aliphatic rings. The van der Waals surface area contributed by atoms with Crippen LogP contribution >= 0.6 is 23.2 Å². The molecule has 1 aromatic carbocycles. The highest BCUT2D eigenvalue weighted by Crippen LogP contribution is 2.23. The Labute approximate surface area is 103 Å². The molecule has 0 N–H and O–H groups in total. The molecule has 84 valence electrons. The summed E-state index contributed by atoms with van der Waals surface area (Å²) >= 11 is 12.1. The van der Waals surface area contributed by atoms with Crippen molar-refractivity contribution in [2.24, 2.45) is 11.8 Å². The number of halogens is 2. The lowest BCUT2D eigenvalue weighted by molar-refractivity contribution is 0.441. The van der Waals surface area contributed by atoms with Gasteiger partial charge in [-0.05, 0) is 36.3 Å². The van der Waals surface area contributed by atoms with Crippen molar-refractivity contribution in [1.29, 1.82) is 0 Å². The summed E-state index contributed by atoms with van der Waals surface area (Å²) in [7, 11) is 0. The summed E-state index contributed by atoms with van der Waals surface area (Å²) in [5.41, 5.74) is 1.21. The molecule has 0 aromatic heterocycles. The first-order chi connectivity index (χ1) is 7.13. The lowest BCUT2D eigenvalue weighted by Crippen LogP contribution is -2.10. The van der Waals surface area contributed by atoms with E-state index in [1.54, 1.807) is 0 Å². The minimum absolute atomic E-state index is 0.534. The van der Waals surface area contributed by atoms with E-state index in [4.69, 9.17) is 23.2 Å². The van der Waals surface area contributed by atoms with Gasteiger partial charge in [0.1, 0.15) is 0 Å². The van der Waals surface area contributed by atoms with Gasteiger partial charge in [-0.25, -0.2) is 0 Å². The molecule has 0 bridgehead atoms. The maximum Gasteiger partial charge on any atom is 0.0438 e. The minimum atomic E-state index is 0.534. The van der Waals surface area contributed by atoms with Crippen molar-refractivity contribution in [3.63, 3.8) is 0 Å². The third-order valence-corrected chi connectivity index (χ3v) is 3.29. The zero-order chi connectivity index (χ0) is 11.3. The van der Waals surface area contributed by atoms with Crippen molar-refractivity contribution in [2.45, 2.75) is 26.7 Å². The summed E-state index contributed by atoms with van der Waals surface area (Å²) in [5, 5.41) is 0.858. The van der Waals surface area contributed by atoms with Crippen molar-refractivity contribution in [3.05, 3.63) is 34.9 Å². The van der Waals surface area contributed by atoms with Crippen LogP contribution in [0.2, 0.25) is 5.02 Å². The van der Waals surface area contributed by atoms with Crippen molar-refractivity contribution in [2.75, 3.05) is 5.88 Å². The van der Waals surface area contributed by atoms with E-state index in [0.717, 1.165) is 17.9 Å². The average Bonchev–Trinajstić information content (AvgIpc) is 2.19. The first kappa shape index (κ1) is 12.9. The number of alkyl halides is 1. The summed E-state index contributed by atoms with van der Waals surface area (Å²) in [6.07, 6.45) is 2.15. The van der Waals surface area contributed by atoms with Crippen LogP contribution in [0.3, 0.4) is 0 Å². The lowest BCUT2D eigenvalue weighted by atomic mass is 9.92. The van der Waals surface area contributed by atoms with E-state index in [0.29, 0.717) is 17.7 Å². The van der Waals surface area contributed by atoms with Gasteiger partial charge in [0.05, 0.1) is 0 Å². The maximum absolute atomic E-state index is 6.12. The molecule has 1 atom stereocenters. The van der Waals surface area contributed by atoms with Crippen LogP contribution in [0.25, 0.3) is 0 Å². The molecule has 0 aliphatic heterocycles. The van der Waals surface area contributed by atoms with Crippen LogP contribution in [0.15, 0.2) is 24.3 Å². The molecule has 15 heavy (non-hydrogen) atoms. The fraction of sp³-hybridized carbons (Fsp3) is 0.538. The molecule has 0 saturated heterocycles. The normalized spacial score (nSPS) is 13.1.